The van der Waals surface area contributed by atoms with E-state index in [1.807, 2.05) is 0 Å². The van der Waals surface area contributed by atoms with Crippen LogP contribution in [0.1, 0.15) is 123 Å². The van der Waals surface area contributed by atoms with E-state index in [1.165, 1.54) is 69.6 Å². The average molecular weight is 916 g/mol. The van der Waals surface area contributed by atoms with Gasteiger partial charge in [0.1, 0.15) is 0 Å². The van der Waals surface area contributed by atoms with E-state index in [1.54, 1.807) is 31.4 Å². The van der Waals surface area contributed by atoms with Crippen molar-refractivity contribution < 1.29 is 21.0 Å². The second kappa shape index (κ2) is 16.2. The molecule has 0 heterocycles. The van der Waals surface area contributed by atoms with Crippen LogP contribution >= 0.6 is 0 Å². The Morgan fingerprint density at radius 3 is 1.54 bits per heavy atom. The van der Waals surface area contributed by atoms with Gasteiger partial charge in [0.15, 0.2) is 0 Å². The molecule has 54 heavy (non-hydrogen) atoms. The molecule has 284 valence electrons. The molecular formula is C51H68HfSi2. The Morgan fingerprint density at radius 2 is 1.11 bits per heavy atom. The Labute approximate surface area is 339 Å². The van der Waals surface area contributed by atoms with Crippen LogP contribution in [0.3, 0.4) is 0 Å². The van der Waals surface area contributed by atoms with Gasteiger partial charge < -0.3 is 0 Å². The molecule has 4 aromatic carbocycles. The summed E-state index contributed by atoms with van der Waals surface area (Å²) in [5.41, 5.74) is 12.3. The summed E-state index contributed by atoms with van der Waals surface area (Å²) in [7, 11) is -2.99. The normalized spacial score (nSPS) is 14.3. The maximum atomic E-state index is 2.72. The summed E-state index contributed by atoms with van der Waals surface area (Å²) in [4.78, 5) is 0. The number of hydrogen-bond donors (Lipinski definition) is 0. The zero-order chi connectivity index (χ0) is 39.1. The van der Waals surface area contributed by atoms with Crippen molar-refractivity contribution >= 4 is 33.1 Å². The quantitative estimate of drug-likeness (QED) is 0.109. The van der Waals surface area contributed by atoms with Gasteiger partial charge in [-0.05, 0) is 0 Å². The topological polar surface area (TPSA) is 0 Å². The number of rotatable bonds is 12. The molecule has 0 N–H and O–H groups in total. The van der Waals surface area contributed by atoms with E-state index in [9.17, 15) is 0 Å². The second-order valence-corrected chi connectivity index (χ2v) is 37.7. The van der Waals surface area contributed by atoms with Crippen LogP contribution in [0.5, 0.6) is 0 Å². The predicted octanol–water partition coefficient (Wildman–Crippen LogP) is 12.6. The van der Waals surface area contributed by atoms with E-state index in [0.717, 1.165) is 12.8 Å². The zero-order valence-electron chi connectivity index (χ0n) is 35.9. The maximum absolute atomic E-state index is 3.10. The van der Waals surface area contributed by atoms with Gasteiger partial charge >= 0.3 is 342 Å². The van der Waals surface area contributed by atoms with Crippen LogP contribution in [0.25, 0.3) is 11.1 Å². The Hall–Kier alpha value is -2.47. The van der Waals surface area contributed by atoms with Crippen molar-refractivity contribution in [2.45, 2.75) is 143 Å². The van der Waals surface area contributed by atoms with Gasteiger partial charge in [-0.3, -0.25) is 0 Å². The summed E-state index contributed by atoms with van der Waals surface area (Å²) in [5.74, 6) is 0. The van der Waals surface area contributed by atoms with Crippen LogP contribution < -0.4 is 13.7 Å². The molecule has 3 heteroatoms. The van der Waals surface area contributed by atoms with Crippen LogP contribution in [0.2, 0.25) is 36.3 Å². The molecule has 0 atom stereocenters. The third kappa shape index (κ3) is 7.52. The van der Waals surface area contributed by atoms with Gasteiger partial charge in [-0.15, -0.1) is 0 Å². The Morgan fingerprint density at radius 1 is 0.593 bits per heavy atom. The molecule has 0 amide bonds. The van der Waals surface area contributed by atoms with Gasteiger partial charge in [-0.25, -0.2) is 0 Å². The summed E-state index contributed by atoms with van der Waals surface area (Å²) in [5, 5.41) is 3.29. The first-order chi connectivity index (χ1) is 25.7. The first-order valence-corrected chi connectivity index (χ1v) is 32.0. The van der Waals surface area contributed by atoms with Gasteiger partial charge in [0.05, 0.1) is 0 Å². The Balaban J connectivity index is 1.71. The second-order valence-electron chi connectivity index (χ2n) is 18.5. The molecule has 0 nitrogen and oxygen atoms in total. The monoisotopic (exact) mass is 916 g/mol. The first kappa shape index (κ1) is 41.2. The molecule has 6 rings (SSSR count). The molecule has 2 aliphatic carbocycles. The third-order valence-electron chi connectivity index (χ3n) is 14.0. The molecule has 0 unspecified atom stereocenters. The number of benzene rings is 4. The molecule has 0 fully saturated rings. The third-order valence-corrected chi connectivity index (χ3v) is 36.3. The van der Waals surface area contributed by atoms with Crippen molar-refractivity contribution in [2.75, 3.05) is 0 Å². The Bertz CT molecular complexity index is 1990. The van der Waals surface area contributed by atoms with E-state index < -0.39 is 37.1 Å². The summed E-state index contributed by atoms with van der Waals surface area (Å²) < 4.78 is 5.12. The van der Waals surface area contributed by atoms with Gasteiger partial charge in [-0.1, -0.05) is 0 Å². The number of hydrogen-bond acceptors (Lipinski definition) is 0. The molecule has 0 saturated carbocycles. The standard InChI is InChI=1S/C25H38Si2.C21H25.C5H5.Hf/c1-7-26(8-2,9-3)24-17-13-22(14-18-24)21-23-15-19-25(20-16-23)27(10-4,11-5)12-6;1-20(2,3)15-11-10-14-12-18-16(17(14)13-15)8-7-9-19(18)21(4,5)6;1-2-4-5-3-1;/h13-20H,7-12H2,1-6H3;7-9,11,13H,12H2,1-6H3;1-3H,4H2;. The molecule has 0 aliphatic heterocycles. The summed E-state index contributed by atoms with van der Waals surface area (Å²) in [6.45, 7) is 29.1. The van der Waals surface area contributed by atoms with Gasteiger partial charge in [0.2, 0.25) is 0 Å². The fourth-order valence-corrected chi connectivity index (χ4v) is 28.8. The van der Waals surface area contributed by atoms with E-state index in [4.69, 9.17) is 0 Å². The minimum atomic E-state index is -3.10. The van der Waals surface area contributed by atoms with Crippen LogP contribution in [-0.4, -0.2) is 19.4 Å². The average Bonchev–Trinajstić information content (AvgIpc) is 3.84. The molecule has 4 aromatic rings. The number of fused-ring (bicyclic) bond motifs is 3. The molecule has 0 aromatic heterocycles. The zero-order valence-corrected chi connectivity index (χ0v) is 41.5. The SMILES string of the molecule is CC[Si](CC)(CC)c1ccc([C](c2ccc([Si](CC)(CC)CC)cc2)=[Hf]([C]2=CC=CC2)[c]2cc(C(C)(C)C)cc3c2Cc2c-3cccc2C(C)(C)C)cc1. The fourth-order valence-electron chi connectivity index (χ4n) is 9.93. The van der Waals surface area contributed by atoms with Crippen LogP contribution in [0.15, 0.2) is 100 Å². The Kier molecular flexibility index (Phi) is 12.3. The van der Waals surface area contributed by atoms with Crippen molar-refractivity contribution in [1.82, 2.24) is 0 Å². The molecular weight excluding hydrogens is 847 g/mol. The van der Waals surface area contributed by atoms with Gasteiger partial charge in [0.25, 0.3) is 0 Å². The summed E-state index contributed by atoms with van der Waals surface area (Å²) in [6, 6.07) is 40.9. The molecule has 0 spiro atoms. The van der Waals surface area contributed by atoms with Crippen molar-refractivity contribution in [3.63, 3.8) is 0 Å². The summed E-state index contributed by atoms with van der Waals surface area (Å²) in [6.07, 6.45) is 9.46. The van der Waals surface area contributed by atoms with E-state index in [2.05, 4.69) is 180 Å². The van der Waals surface area contributed by atoms with Crippen molar-refractivity contribution in [1.29, 1.82) is 0 Å². The first-order valence-electron chi connectivity index (χ1n) is 21.3. The fraction of sp³-hybridized carbons (Fsp3) is 0.431. The van der Waals surface area contributed by atoms with Crippen LogP contribution in [0, 0.1) is 0 Å². The molecule has 2 aliphatic rings. The summed E-state index contributed by atoms with van der Waals surface area (Å²) >= 11 is -3.10. The van der Waals surface area contributed by atoms with Crippen LogP contribution in [0.4, 0.5) is 0 Å². The van der Waals surface area contributed by atoms with E-state index in [-0.39, 0.29) is 10.8 Å². The molecule has 0 radical (unpaired) electrons. The van der Waals surface area contributed by atoms with Gasteiger partial charge in [0, 0.05) is 0 Å². The molecule has 0 saturated heterocycles. The van der Waals surface area contributed by atoms with Crippen LogP contribution in [-0.2, 0) is 38.2 Å². The van der Waals surface area contributed by atoms with Crippen molar-refractivity contribution in [3.05, 3.63) is 134 Å². The van der Waals surface area contributed by atoms with Crippen molar-refractivity contribution in [2.24, 2.45) is 0 Å². The van der Waals surface area contributed by atoms with Gasteiger partial charge in [-0.2, -0.15) is 0 Å². The predicted molar refractivity (Wildman–Crippen MR) is 243 cm³/mol. The minimum absolute atomic E-state index is 0.0552. The molecule has 0 bridgehead atoms. The van der Waals surface area contributed by atoms with E-state index in [0.29, 0.717) is 0 Å². The van der Waals surface area contributed by atoms with E-state index >= 15 is 0 Å². The number of allylic oxidation sites excluding steroid dienone is 4. The van der Waals surface area contributed by atoms with Crippen molar-refractivity contribution in [3.8, 4) is 11.1 Å².